The summed E-state index contributed by atoms with van der Waals surface area (Å²) in [5.41, 5.74) is 3.95. The first-order valence-electron chi connectivity index (χ1n) is 8.91. The van der Waals surface area contributed by atoms with Gasteiger partial charge in [-0.3, -0.25) is 9.59 Å². The molecule has 2 N–H and O–H groups in total. The lowest BCUT2D eigenvalue weighted by atomic mass is 10.1. The average molecular weight is 395 g/mol. The Labute approximate surface area is 168 Å². The van der Waals surface area contributed by atoms with Gasteiger partial charge in [0, 0.05) is 16.5 Å². The highest BCUT2D eigenvalue weighted by Gasteiger charge is 2.11. The monoisotopic (exact) mass is 394 g/mol. The number of aromatic nitrogens is 2. The summed E-state index contributed by atoms with van der Waals surface area (Å²) in [6, 6.07) is 11.8. The fourth-order valence-corrected chi connectivity index (χ4v) is 3.85. The Morgan fingerprint density at radius 3 is 2.50 bits per heavy atom. The van der Waals surface area contributed by atoms with Crippen LogP contribution in [0.15, 0.2) is 47.6 Å². The van der Waals surface area contributed by atoms with Crippen molar-refractivity contribution in [2.75, 3.05) is 17.6 Å². The van der Waals surface area contributed by atoms with Crippen LogP contribution < -0.4 is 10.6 Å². The lowest BCUT2D eigenvalue weighted by Crippen LogP contribution is -2.34. The zero-order valence-corrected chi connectivity index (χ0v) is 16.9. The molecule has 0 saturated heterocycles. The molecule has 144 valence electrons. The molecule has 3 rings (SSSR count). The minimum absolute atomic E-state index is 0.0760. The summed E-state index contributed by atoms with van der Waals surface area (Å²) in [5, 5.41) is 16.2. The molecule has 0 saturated carbocycles. The van der Waals surface area contributed by atoms with Crippen LogP contribution in [0.2, 0.25) is 0 Å². The molecule has 0 spiro atoms. The van der Waals surface area contributed by atoms with Crippen LogP contribution in [0.5, 0.6) is 0 Å². The SMILES string of the molecule is Cc1cc(C)c(NC(=O)CNC(=O)CSc2nncc3ccccc23)c(C)c1. The van der Waals surface area contributed by atoms with Crippen molar-refractivity contribution in [2.24, 2.45) is 0 Å². The van der Waals surface area contributed by atoms with Gasteiger partial charge in [-0.25, -0.2) is 0 Å². The van der Waals surface area contributed by atoms with Gasteiger partial charge in [-0.2, -0.15) is 5.10 Å². The summed E-state index contributed by atoms with van der Waals surface area (Å²) < 4.78 is 0. The molecule has 0 bridgehead atoms. The summed E-state index contributed by atoms with van der Waals surface area (Å²) in [4.78, 5) is 24.3. The molecule has 0 atom stereocenters. The molecule has 0 aliphatic heterocycles. The Balaban J connectivity index is 1.52. The number of fused-ring (bicyclic) bond motifs is 1. The molecule has 1 aromatic heterocycles. The van der Waals surface area contributed by atoms with Crippen LogP contribution in [0.4, 0.5) is 5.69 Å². The molecule has 0 unspecified atom stereocenters. The summed E-state index contributed by atoms with van der Waals surface area (Å²) in [6.45, 7) is 5.85. The fourth-order valence-electron chi connectivity index (χ4n) is 3.03. The highest BCUT2D eigenvalue weighted by molar-refractivity contribution is 8.00. The standard InChI is InChI=1S/C21H22N4O2S/c1-13-8-14(2)20(15(3)9-13)24-18(26)11-22-19(27)12-28-21-17-7-5-4-6-16(17)10-23-25-21/h4-10H,11-12H2,1-3H3,(H,22,27)(H,24,26). The Kier molecular flexibility index (Phi) is 6.26. The van der Waals surface area contributed by atoms with E-state index in [1.54, 1.807) is 6.20 Å². The number of carbonyl (C=O) groups is 2. The number of hydrogen-bond acceptors (Lipinski definition) is 5. The molecule has 2 amide bonds. The van der Waals surface area contributed by atoms with E-state index < -0.39 is 0 Å². The van der Waals surface area contributed by atoms with Gasteiger partial charge in [-0.05, 0) is 31.9 Å². The van der Waals surface area contributed by atoms with Gasteiger partial charge in [0.25, 0.3) is 0 Å². The number of nitrogens with zero attached hydrogens (tertiary/aromatic N) is 2. The van der Waals surface area contributed by atoms with Crippen LogP contribution in [0, 0.1) is 20.8 Å². The van der Waals surface area contributed by atoms with Gasteiger partial charge in [-0.15, -0.1) is 5.10 Å². The number of thioether (sulfide) groups is 1. The van der Waals surface area contributed by atoms with Crippen LogP contribution in [0.3, 0.4) is 0 Å². The third-order valence-electron chi connectivity index (χ3n) is 4.26. The predicted molar refractivity (Wildman–Crippen MR) is 113 cm³/mol. The first kappa shape index (κ1) is 19.8. The van der Waals surface area contributed by atoms with E-state index in [4.69, 9.17) is 0 Å². The maximum atomic E-state index is 12.2. The Hall–Kier alpha value is -2.93. The minimum atomic E-state index is -0.252. The maximum Gasteiger partial charge on any atom is 0.243 e. The summed E-state index contributed by atoms with van der Waals surface area (Å²) in [5.74, 6) is -0.316. The normalized spacial score (nSPS) is 10.7. The average Bonchev–Trinajstić information content (AvgIpc) is 2.67. The van der Waals surface area contributed by atoms with Gasteiger partial charge in [0.1, 0.15) is 5.03 Å². The molecule has 28 heavy (non-hydrogen) atoms. The Bertz CT molecular complexity index is 1010. The molecule has 6 nitrogen and oxygen atoms in total. The topological polar surface area (TPSA) is 84.0 Å². The fraction of sp³-hybridized carbons (Fsp3) is 0.238. The highest BCUT2D eigenvalue weighted by Crippen LogP contribution is 2.24. The van der Waals surface area contributed by atoms with Gasteiger partial charge in [-0.1, -0.05) is 53.7 Å². The Morgan fingerprint density at radius 1 is 1.04 bits per heavy atom. The van der Waals surface area contributed by atoms with Gasteiger partial charge in [0.15, 0.2) is 0 Å². The molecule has 3 aromatic rings. The first-order valence-corrected chi connectivity index (χ1v) is 9.90. The van der Waals surface area contributed by atoms with E-state index in [9.17, 15) is 9.59 Å². The molecule has 0 radical (unpaired) electrons. The van der Waals surface area contributed by atoms with E-state index in [-0.39, 0.29) is 24.1 Å². The predicted octanol–water partition coefficient (Wildman–Crippen LogP) is 3.40. The third kappa shape index (κ3) is 4.86. The second-order valence-electron chi connectivity index (χ2n) is 6.62. The largest absolute Gasteiger partial charge is 0.346 e. The van der Waals surface area contributed by atoms with Gasteiger partial charge in [0.2, 0.25) is 11.8 Å². The molecule has 0 aliphatic carbocycles. The van der Waals surface area contributed by atoms with Crippen molar-refractivity contribution in [2.45, 2.75) is 25.8 Å². The number of anilines is 1. The maximum absolute atomic E-state index is 12.2. The number of amides is 2. The number of hydrogen-bond donors (Lipinski definition) is 2. The van der Waals surface area contributed by atoms with E-state index in [2.05, 4.69) is 20.8 Å². The number of rotatable bonds is 6. The van der Waals surface area contributed by atoms with E-state index in [0.29, 0.717) is 5.03 Å². The number of nitrogens with one attached hydrogen (secondary N) is 2. The third-order valence-corrected chi connectivity index (χ3v) is 5.25. The van der Waals surface area contributed by atoms with Crippen LogP contribution in [-0.2, 0) is 9.59 Å². The van der Waals surface area contributed by atoms with Gasteiger partial charge < -0.3 is 10.6 Å². The molecule has 2 aromatic carbocycles. The summed E-state index contributed by atoms with van der Waals surface area (Å²) in [6.07, 6.45) is 1.69. The number of aryl methyl sites for hydroxylation is 3. The molecular formula is C21H22N4O2S. The van der Waals surface area contributed by atoms with Crippen LogP contribution >= 0.6 is 11.8 Å². The van der Waals surface area contributed by atoms with Crippen LogP contribution in [0.1, 0.15) is 16.7 Å². The van der Waals surface area contributed by atoms with Gasteiger partial charge in [0.05, 0.1) is 18.5 Å². The lowest BCUT2D eigenvalue weighted by Gasteiger charge is -2.13. The second-order valence-corrected chi connectivity index (χ2v) is 7.59. The van der Waals surface area contributed by atoms with E-state index in [0.717, 1.165) is 33.2 Å². The van der Waals surface area contributed by atoms with E-state index in [1.807, 2.05) is 57.2 Å². The molecule has 7 heteroatoms. The van der Waals surface area contributed by atoms with Crippen molar-refractivity contribution < 1.29 is 9.59 Å². The zero-order chi connectivity index (χ0) is 20.1. The number of benzene rings is 2. The van der Waals surface area contributed by atoms with E-state index >= 15 is 0 Å². The minimum Gasteiger partial charge on any atom is -0.346 e. The zero-order valence-electron chi connectivity index (χ0n) is 16.1. The molecule has 0 aliphatic rings. The van der Waals surface area contributed by atoms with Crippen molar-refractivity contribution in [1.29, 1.82) is 0 Å². The van der Waals surface area contributed by atoms with Crippen molar-refractivity contribution in [3.05, 3.63) is 59.3 Å². The quantitative estimate of drug-likeness (QED) is 0.626. The summed E-state index contributed by atoms with van der Waals surface area (Å²) >= 11 is 1.30. The first-order chi connectivity index (χ1) is 13.4. The Morgan fingerprint density at radius 2 is 1.75 bits per heavy atom. The van der Waals surface area contributed by atoms with Crippen molar-refractivity contribution in [3.8, 4) is 0 Å². The second kappa shape index (κ2) is 8.84. The van der Waals surface area contributed by atoms with Crippen molar-refractivity contribution >= 4 is 40.0 Å². The van der Waals surface area contributed by atoms with Crippen LogP contribution in [-0.4, -0.2) is 34.3 Å². The highest BCUT2D eigenvalue weighted by atomic mass is 32.2. The van der Waals surface area contributed by atoms with Crippen molar-refractivity contribution in [3.63, 3.8) is 0 Å². The molecule has 0 fully saturated rings. The smallest absolute Gasteiger partial charge is 0.243 e. The summed E-state index contributed by atoms with van der Waals surface area (Å²) in [7, 11) is 0. The van der Waals surface area contributed by atoms with E-state index in [1.165, 1.54) is 11.8 Å². The van der Waals surface area contributed by atoms with Crippen LogP contribution in [0.25, 0.3) is 10.8 Å². The van der Waals surface area contributed by atoms with Gasteiger partial charge >= 0.3 is 0 Å². The molecular weight excluding hydrogens is 372 g/mol. The van der Waals surface area contributed by atoms with Crippen molar-refractivity contribution in [1.82, 2.24) is 15.5 Å². The lowest BCUT2D eigenvalue weighted by molar-refractivity contribution is -0.122. The molecule has 1 heterocycles. The number of carbonyl (C=O) groups excluding carboxylic acids is 2.